The predicted octanol–water partition coefficient (Wildman–Crippen LogP) is 0.917. The van der Waals surface area contributed by atoms with Gasteiger partial charge < -0.3 is 10.1 Å². The fraction of sp³-hybridized carbons (Fsp3) is 1.00. The lowest BCUT2D eigenvalue weighted by Gasteiger charge is -2.47. The lowest BCUT2D eigenvalue weighted by Crippen LogP contribution is -2.68. The van der Waals surface area contributed by atoms with Crippen LogP contribution in [0.25, 0.3) is 0 Å². The molecule has 3 aliphatic rings. The summed E-state index contributed by atoms with van der Waals surface area (Å²) in [6.45, 7) is 2.12. The van der Waals surface area contributed by atoms with Crippen molar-refractivity contribution in [3.8, 4) is 0 Å². The van der Waals surface area contributed by atoms with E-state index in [2.05, 4.69) is 5.32 Å². The highest BCUT2D eigenvalue weighted by Crippen LogP contribution is 2.46. The van der Waals surface area contributed by atoms with Crippen molar-refractivity contribution in [2.75, 3.05) is 13.2 Å². The summed E-state index contributed by atoms with van der Waals surface area (Å²) in [6, 6.07) is 0.727. The maximum atomic E-state index is 5.83. The zero-order chi connectivity index (χ0) is 7.31. The SMILES string of the molecule is C1COC2(C1)CNC2C1CC1. The number of rotatable bonds is 1. The van der Waals surface area contributed by atoms with Crippen molar-refractivity contribution < 1.29 is 4.74 Å². The molecule has 3 rings (SSSR count). The molecule has 3 fully saturated rings. The molecule has 2 aliphatic heterocycles. The van der Waals surface area contributed by atoms with Gasteiger partial charge in [-0.1, -0.05) is 0 Å². The Morgan fingerprint density at radius 2 is 2.27 bits per heavy atom. The molecule has 1 aliphatic carbocycles. The van der Waals surface area contributed by atoms with Gasteiger partial charge in [0.05, 0.1) is 5.60 Å². The van der Waals surface area contributed by atoms with Crippen molar-refractivity contribution >= 4 is 0 Å². The molecule has 1 saturated carbocycles. The van der Waals surface area contributed by atoms with E-state index >= 15 is 0 Å². The average molecular weight is 153 g/mol. The summed E-state index contributed by atoms with van der Waals surface area (Å²) < 4.78 is 5.83. The van der Waals surface area contributed by atoms with Gasteiger partial charge >= 0.3 is 0 Å². The first-order valence-corrected chi connectivity index (χ1v) is 4.78. The molecule has 2 nitrogen and oxygen atoms in total. The molecule has 0 amide bonds. The van der Waals surface area contributed by atoms with E-state index in [1.807, 2.05) is 0 Å². The van der Waals surface area contributed by atoms with E-state index in [1.54, 1.807) is 0 Å². The molecule has 0 aromatic carbocycles. The summed E-state index contributed by atoms with van der Waals surface area (Å²) in [7, 11) is 0. The van der Waals surface area contributed by atoms with Crippen molar-refractivity contribution in [3.05, 3.63) is 0 Å². The lowest BCUT2D eigenvalue weighted by molar-refractivity contribution is -0.0838. The molecule has 2 saturated heterocycles. The quantitative estimate of drug-likeness (QED) is 0.604. The topological polar surface area (TPSA) is 21.3 Å². The third-order valence-corrected chi connectivity index (χ3v) is 3.42. The van der Waals surface area contributed by atoms with Crippen LogP contribution in [-0.2, 0) is 4.74 Å². The summed E-state index contributed by atoms with van der Waals surface area (Å²) in [4.78, 5) is 0. The fourth-order valence-corrected chi connectivity index (χ4v) is 2.58. The molecule has 2 atom stereocenters. The largest absolute Gasteiger partial charge is 0.372 e. The molecule has 0 aromatic rings. The molecular weight excluding hydrogens is 138 g/mol. The number of hydrogen-bond donors (Lipinski definition) is 1. The van der Waals surface area contributed by atoms with Gasteiger partial charge in [-0.25, -0.2) is 0 Å². The maximum absolute atomic E-state index is 5.83. The smallest absolute Gasteiger partial charge is 0.0961 e. The third kappa shape index (κ3) is 0.798. The van der Waals surface area contributed by atoms with E-state index in [0.717, 1.165) is 25.1 Å². The van der Waals surface area contributed by atoms with Gasteiger partial charge in [0.2, 0.25) is 0 Å². The Morgan fingerprint density at radius 3 is 2.73 bits per heavy atom. The number of nitrogens with one attached hydrogen (secondary N) is 1. The maximum Gasteiger partial charge on any atom is 0.0961 e. The van der Waals surface area contributed by atoms with Gasteiger partial charge in [0.15, 0.2) is 0 Å². The van der Waals surface area contributed by atoms with Crippen LogP contribution < -0.4 is 5.32 Å². The Labute approximate surface area is 67.3 Å². The molecule has 0 radical (unpaired) electrons. The summed E-state index contributed by atoms with van der Waals surface area (Å²) in [5, 5.41) is 3.52. The fourth-order valence-electron chi connectivity index (χ4n) is 2.58. The minimum absolute atomic E-state index is 0.307. The van der Waals surface area contributed by atoms with Crippen LogP contribution in [0.4, 0.5) is 0 Å². The Bertz CT molecular complexity index is 170. The first-order chi connectivity index (χ1) is 5.41. The molecule has 11 heavy (non-hydrogen) atoms. The van der Waals surface area contributed by atoms with Crippen molar-refractivity contribution in [3.63, 3.8) is 0 Å². The minimum Gasteiger partial charge on any atom is -0.372 e. The molecule has 2 heteroatoms. The summed E-state index contributed by atoms with van der Waals surface area (Å²) in [5.74, 6) is 0.960. The van der Waals surface area contributed by atoms with Crippen LogP contribution in [0.5, 0.6) is 0 Å². The lowest BCUT2D eigenvalue weighted by atomic mass is 9.81. The molecular formula is C9H15NO. The van der Waals surface area contributed by atoms with E-state index < -0.39 is 0 Å². The number of ether oxygens (including phenoxy) is 1. The van der Waals surface area contributed by atoms with Gasteiger partial charge in [-0.2, -0.15) is 0 Å². The molecule has 1 N–H and O–H groups in total. The molecule has 2 unspecified atom stereocenters. The molecule has 0 aromatic heterocycles. The Hall–Kier alpha value is -0.0800. The third-order valence-electron chi connectivity index (χ3n) is 3.42. The van der Waals surface area contributed by atoms with E-state index in [9.17, 15) is 0 Å². The van der Waals surface area contributed by atoms with Gasteiger partial charge in [0.25, 0.3) is 0 Å². The Kier molecular flexibility index (Phi) is 1.16. The Morgan fingerprint density at radius 1 is 1.36 bits per heavy atom. The van der Waals surface area contributed by atoms with Gasteiger partial charge in [-0.3, -0.25) is 0 Å². The van der Waals surface area contributed by atoms with E-state index in [4.69, 9.17) is 4.74 Å². The van der Waals surface area contributed by atoms with Gasteiger partial charge in [-0.05, 0) is 31.6 Å². The van der Waals surface area contributed by atoms with Crippen molar-refractivity contribution in [2.45, 2.75) is 37.3 Å². The highest BCUT2D eigenvalue weighted by atomic mass is 16.5. The first kappa shape index (κ1) is 6.44. The second-order valence-corrected chi connectivity index (χ2v) is 4.21. The standard InChI is InChI=1S/C9H15NO/c1-4-9(11-5-1)6-10-8(9)7-2-3-7/h7-8,10H,1-6H2. The first-order valence-electron chi connectivity index (χ1n) is 4.78. The van der Waals surface area contributed by atoms with Crippen LogP contribution in [-0.4, -0.2) is 24.8 Å². The monoisotopic (exact) mass is 153 g/mol. The van der Waals surface area contributed by atoms with Crippen LogP contribution in [0, 0.1) is 5.92 Å². The summed E-state index contributed by atoms with van der Waals surface area (Å²) >= 11 is 0. The van der Waals surface area contributed by atoms with Crippen molar-refractivity contribution in [1.82, 2.24) is 5.32 Å². The van der Waals surface area contributed by atoms with Crippen LogP contribution in [0.3, 0.4) is 0 Å². The molecule has 62 valence electrons. The average Bonchev–Trinajstić information content (AvgIpc) is 2.68. The normalized spacial score (nSPS) is 49.6. The van der Waals surface area contributed by atoms with Crippen LogP contribution in [0.1, 0.15) is 25.7 Å². The highest BCUT2D eigenvalue weighted by molar-refractivity contribution is 5.11. The van der Waals surface area contributed by atoms with Crippen LogP contribution >= 0.6 is 0 Å². The van der Waals surface area contributed by atoms with Gasteiger partial charge in [0, 0.05) is 19.2 Å². The van der Waals surface area contributed by atoms with E-state index in [0.29, 0.717) is 5.60 Å². The van der Waals surface area contributed by atoms with Crippen LogP contribution in [0.2, 0.25) is 0 Å². The van der Waals surface area contributed by atoms with E-state index in [-0.39, 0.29) is 0 Å². The molecule has 2 heterocycles. The zero-order valence-electron chi connectivity index (χ0n) is 6.81. The zero-order valence-corrected chi connectivity index (χ0v) is 6.81. The highest BCUT2D eigenvalue weighted by Gasteiger charge is 2.55. The van der Waals surface area contributed by atoms with Crippen molar-refractivity contribution in [1.29, 1.82) is 0 Å². The van der Waals surface area contributed by atoms with Gasteiger partial charge in [0.1, 0.15) is 0 Å². The second kappa shape index (κ2) is 1.99. The van der Waals surface area contributed by atoms with Crippen molar-refractivity contribution in [2.24, 2.45) is 5.92 Å². The van der Waals surface area contributed by atoms with Gasteiger partial charge in [-0.15, -0.1) is 0 Å². The Balaban J connectivity index is 1.75. The van der Waals surface area contributed by atoms with E-state index in [1.165, 1.54) is 25.7 Å². The van der Waals surface area contributed by atoms with Crippen LogP contribution in [0.15, 0.2) is 0 Å². The predicted molar refractivity (Wildman–Crippen MR) is 42.4 cm³/mol. The number of hydrogen-bond acceptors (Lipinski definition) is 2. The second-order valence-electron chi connectivity index (χ2n) is 4.21. The molecule has 0 bridgehead atoms. The summed E-state index contributed by atoms with van der Waals surface area (Å²) in [6.07, 6.45) is 5.46. The minimum atomic E-state index is 0.307. The molecule has 1 spiro atoms. The summed E-state index contributed by atoms with van der Waals surface area (Å²) in [5.41, 5.74) is 0.307.